The van der Waals surface area contributed by atoms with Crippen LogP contribution in [-0.2, 0) is 4.79 Å². The first-order valence-electron chi connectivity index (χ1n) is 4.46. The number of nitrogens with one attached hydrogen (secondary N) is 1. The molecule has 0 aliphatic carbocycles. The normalized spacial score (nSPS) is 16.0. The summed E-state index contributed by atoms with van der Waals surface area (Å²) >= 11 is 0. The van der Waals surface area contributed by atoms with Crippen LogP contribution < -0.4 is 5.32 Å². The van der Waals surface area contributed by atoms with Gasteiger partial charge in [-0.3, -0.25) is 4.79 Å². The number of rotatable bonds is 1. The number of carbonyl (C=O) groups is 1. The zero-order chi connectivity index (χ0) is 9.40. The van der Waals surface area contributed by atoms with E-state index in [1.807, 2.05) is 13.8 Å². The van der Waals surface area contributed by atoms with E-state index < -0.39 is 0 Å². The number of piperazine rings is 1. The Morgan fingerprint density at radius 3 is 2.33 bits per heavy atom. The number of hydrogen-bond acceptors (Lipinski definition) is 2. The zero-order valence-electron chi connectivity index (χ0n) is 7.97. The van der Waals surface area contributed by atoms with Crippen molar-refractivity contribution in [1.29, 1.82) is 0 Å². The molecule has 0 radical (unpaired) electrons. The van der Waals surface area contributed by atoms with Gasteiger partial charge in [-0.2, -0.15) is 0 Å². The molecule has 1 aliphatic rings. The molecular formula is C9H18N2O. The molecule has 0 spiro atoms. The molecule has 1 N–H and O–H groups in total. The number of nitrogens with zero attached hydrogens (tertiary/aromatic N) is 1. The number of hydrogen-bond donors (Lipinski definition) is 1. The lowest BCUT2D eigenvalue weighted by Crippen LogP contribution is -2.45. The van der Waals surface area contributed by atoms with Crippen molar-refractivity contribution in [2.45, 2.75) is 13.8 Å². The predicted molar refractivity (Wildman–Crippen MR) is 51.0 cm³/mol. The van der Waals surface area contributed by atoms with Gasteiger partial charge in [0.25, 0.3) is 0 Å². The predicted octanol–water partition coefficient (Wildman–Crippen LogP) is 0.630. The highest BCUT2D eigenvalue weighted by Crippen LogP contribution is 1.92. The maximum atomic E-state index is 10.9. The molecule has 1 fully saturated rings. The summed E-state index contributed by atoms with van der Waals surface area (Å²) in [4.78, 5) is 12.7. The second-order valence-corrected chi connectivity index (χ2v) is 2.28. The third kappa shape index (κ3) is 3.53. The van der Waals surface area contributed by atoms with Gasteiger partial charge in [-0.15, -0.1) is 0 Å². The van der Waals surface area contributed by atoms with Gasteiger partial charge in [-0.25, -0.2) is 0 Å². The second-order valence-electron chi connectivity index (χ2n) is 2.28. The van der Waals surface area contributed by atoms with Crippen LogP contribution in [0.15, 0.2) is 12.7 Å². The van der Waals surface area contributed by atoms with Crippen LogP contribution in [0.4, 0.5) is 0 Å². The molecule has 1 saturated heterocycles. The minimum absolute atomic E-state index is 0.0431. The summed E-state index contributed by atoms with van der Waals surface area (Å²) in [6.07, 6.45) is 1.37. The van der Waals surface area contributed by atoms with Crippen molar-refractivity contribution in [2.24, 2.45) is 0 Å². The molecule has 0 aromatic carbocycles. The maximum Gasteiger partial charge on any atom is 0.246 e. The third-order valence-electron chi connectivity index (χ3n) is 1.60. The van der Waals surface area contributed by atoms with Gasteiger partial charge in [-0.05, 0) is 6.08 Å². The van der Waals surface area contributed by atoms with Gasteiger partial charge < -0.3 is 10.2 Å². The first-order chi connectivity index (χ1) is 5.84. The molecule has 1 heterocycles. The van der Waals surface area contributed by atoms with E-state index >= 15 is 0 Å². The maximum absolute atomic E-state index is 10.9. The molecule has 1 rings (SSSR count). The molecule has 0 aromatic heterocycles. The Morgan fingerprint density at radius 2 is 1.92 bits per heavy atom. The van der Waals surface area contributed by atoms with Crippen LogP contribution in [0.3, 0.4) is 0 Å². The van der Waals surface area contributed by atoms with E-state index in [0.717, 1.165) is 26.2 Å². The minimum atomic E-state index is 0.0431. The summed E-state index contributed by atoms with van der Waals surface area (Å²) in [5.41, 5.74) is 0. The van der Waals surface area contributed by atoms with Crippen molar-refractivity contribution in [2.75, 3.05) is 26.2 Å². The molecule has 0 atom stereocenters. The first kappa shape index (κ1) is 11.2. The van der Waals surface area contributed by atoms with Crippen LogP contribution in [-0.4, -0.2) is 37.0 Å². The monoisotopic (exact) mass is 170 g/mol. The number of carbonyl (C=O) groups excluding carboxylic acids is 1. The Morgan fingerprint density at radius 1 is 1.42 bits per heavy atom. The zero-order valence-corrected chi connectivity index (χ0v) is 7.97. The van der Waals surface area contributed by atoms with E-state index in [1.54, 1.807) is 4.90 Å². The summed E-state index contributed by atoms with van der Waals surface area (Å²) in [6.45, 7) is 10.8. The van der Waals surface area contributed by atoms with Gasteiger partial charge >= 0.3 is 0 Å². The Labute approximate surface area is 74.4 Å². The Kier molecular flexibility index (Phi) is 6.38. The van der Waals surface area contributed by atoms with Crippen molar-refractivity contribution in [3.8, 4) is 0 Å². The topological polar surface area (TPSA) is 32.3 Å². The molecule has 3 heteroatoms. The summed E-state index contributed by atoms with van der Waals surface area (Å²) in [7, 11) is 0. The van der Waals surface area contributed by atoms with Crippen molar-refractivity contribution < 1.29 is 4.79 Å². The van der Waals surface area contributed by atoms with Gasteiger partial charge in [0.05, 0.1) is 0 Å². The van der Waals surface area contributed by atoms with Crippen LogP contribution in [0.5, 0.6) is 0 Å². The lowest BCUT2D eigenvalue weighted by atomic mass is 10.3. The lowest BCUT2D eigenvalue weighted by Gasteiger charge is -2.25. The van der Waals surface area contributed by atoms with Crippen molar-refractivity contribution >= 4 is 5.91 Å². The van der Waals surface area contributed by atoms with Crippen molar-refractivity contribution in [3.63, 3.8) is 0 Å². The molecule has 3 nitrogen and oxygen atoms in total. The molecule has 0 saturated carbocycles. The number of amides is 1. The van der Waals surface area contributed by atoms with Crippen LogP contribution in [0.1, 0.15) is 13.8 Å². The quantitative estimate of drug-likeness (QED) is 0.585. The van der Waals surface area contributed by atoms with Gasteiger partial charge in [-0.1, -0.05) is 20.4 Å². The largest absolute Gasteiger partial charge is 0.337 e. The smallest absolute Gasteiger partial charge is 0.246 e. The highest BCUT2D eigenvalue weighted by atomic mass is 16.2. The summed E-state index contributed by atoms with van der Waals surface area (Å²) in [5, 5.41) is 3.17. The average molecular weight is 170 g/mol. The first-order valence-corrected chi connectivity index (χ1v) is 4.46. The minimum Gasteiger partial charge on any atom is -0.337 e. The molecule has 0 unspecified atom stereocenters. The lowest BCUT2D eigenvalue weighted by molar-refractivity contribution is -0.126. The van der Waals surface area contributed by atoms with Gasteiger partial charge in [0.15, 0.2) is 0 Å². The summed E-state index contributed by atoms with van der Waals surface area (Å²) in [5.74, 6) is 0.0431. The van der Waals surface area contributed by atoms with Crippen molar-refractivity contribution in [3.05, 3.63) is 12.7 Å². The molecule has 0 bridgehead atoms. The van der Waals surface area contributed by atoms with E-state index in [4.69, 9.17) is 0 Å². The fourth-order valence-corrected chi connectivity index (χ4v) is 1.01. The fraction of sp³-hybridized carbons (Fsp3) is 0.667. The van der Waals surface area contributed by atoms with Crippen LogP contribution in [0.25, 0.3) is 0 Å². The van der Waals surface area contributed by atoms with E-state index in [1.165, 1.54) is 6.08 Å². The van der Waals surface area contributed by atoms with Gasteiger partial charge in [0.2, 0.25) is 5.91 Å². The molecule has 12 heavy (non-hydrogen) atoms. The fourth-order valence-electron chi connectivity index (χ4n) is 1.01. The van der Waals surface area contributed by atoms with Gasteiger partial charge in [0.1, 0.15) is 0 Å². The second kappa shape index (κ2) is 6.85. The van der Waals surface area contributed by atoms with E-state index in [-0.39, 0.29) is 5.91 Å². The summed E-state index contributed by atoms with van der Waals surface area (Å²) < 4.78 is 0. The molecule has 1 aliphatic heterocycles. The summed E-state index contributed by atoms with van der Waals surface area (Å²) in [6, 6.07) is 0. The van der Waals surface area contributed by atoms with Crippen LogP contribution in [0.2, 0.25) is 0 Å². The highest BCUT2D eigenvalue weighted by molar-refractivity contribution is 5.87. The van der Waals surface area contributed by atoms with Gasteiger partial charge in [0, 0.05) is 26.2 Å². The standard InChI is InChI=1S/C7H12N2O.C2H6/c1-2-7(10)9-5-3-8-4-6-9;1-2/h2,8H,1,3-6H2;1-2H3. The van der Waals surface area contributed by atoms with Crippen LogP contribution >= 0.6 is 0 Å². The van der Waals surface area contributed by atoms with E-state index in [2.05, 4.69) is 11.9 Å². The Balaban J connectivity index is 0.000000561. The molecular weight excluding hydrogens is 152 g/mol. The Hall–Kier alpha value is -0.830. The molecule has 1 amide bonds. The van der Waals surface area contributed by atoms with Crippen molar-refractivity contribution in [1.82, 2.24) is 10.2 Å². The third-order valence-corrected chi connectivity index (χ3v) is 1.60. The molecule has 70 valence electrons. The van der Waals surface area contributed by atoms with E-state index in [0.29, 0.717) is 0 Å². The molecule has 0 aromatic rings. The van der Waals surface area contributed by atoms with E-state index in [9.17, 15) is 4.79 Å². The Bertz CT molecular complexity index is 139. The van der Waals surface area contributed by atoms with Crippen LogP contribution in [0, 0.1) is 0 Å². The highest BCUT2D eigenvalue weighted by Gasteiger charge is 2.11. The average Bonchev–Trinajstić information content (AvgIpc) is 2.21. The SMILES string of the molecule is C=CC(=O)N1CCNCC1.CC.